The summed E-state index contributed by atoms with van der Waals surface area (Å²) in [6, 6.07) is 12.9. The van der Waals surface area contributed by atoms with Crippen molar-refractivity contribution in [1.82, 2.24) is 4.90 Å². The van der Waals surface area contributed by atoms with Gasteiger partial charge in [-0.15, -0.1) is 0 Å². The molecular weight excluding hydrogens is 408 g/mol. The smallest absolute Gasteiger partial charge is 0.224 e. The number of aliphatic hydroxyl groups excluding tert-OH is 2. The Kier molecular flexibility index (Phi) is 6.69. The summed E-state index contributed by atoms with van der Waals surface area (Å²) in [5, 5.41) is 24.2. The Labute approximate surface area is 189 Å². The molecular formula is C25H32N2O5. The number of aliphatic hydroxyl groups is 2. The van der Waals surface area contributed by atoms with Gasteiger partial charge in [0.25, 0.3) is 0 Å². The van der Waals surface area contributed by atoms with Crippen molar-refractivity contribution in [1.29, 1.82) is 0 Å². The quantitative estimate of drug-likeness (QED) is 0.638. The van der Waals surface area contributed by atoms with E-state index in [1.54, 1.807) is 7.11 Å². The second-order valence-corrected chi connectivity index (χ2v) is 8.75. The predicted molar refractivity (Wildman–Crippen MR) is 122 cm³/mol. The highest BCUT2D eigenvalue weighted by molar-refractivity contribution is 5.90. The number of nitrogens with one attached hydrogen (secondary N) is 1. The number of benzene rings is 2. The molecule has 0 unspecified atom stereocenters. The second-order valence-electron chi connectivity index (χ2n) is 8.75. The van der Waals surface area contributed by atoms with Crippen LogP contribution in [0.5, 0.6) is 11.5 Å². The number of fused-ring (bicyclic) bond motifs is 1. The average Bonchev–Trinajstić information content (AvgIpc) is 2.80. The average molecular weight is 441 g/mol. The molecule has 2 aliphatic heterocycles. The van der Waals surface area contributed by atoms with Crippen LogP contribution in [0.15, 0.2) is 42.5 Å². The number of rotatable bonds is 6. The van der Waals surface area contributed by atoms with E-state index in [0.717, 1.165) is 42.7 Å². The van der Waals surface area contributed by atoms with Crippen molar-refractivity contribution in [3.05, 3.63) is 53.6 Å². The van der Waals surface area contributed by atoms with Gasteiger partial charge in [-0.3, -0.25) is 4.79 Å². The standard InChI is InChI=1S/C25H32N2O5/c1-3-24(30)26-18-6-4-17(5-7-18)22(29)16-27-12-10-25(11-13-27)15-21(28)20-9-8-19(31-2)14-23(20)32-25/h4-9,14,21-22,28-29H,3,10-13,15-16H2,1-2H3,(H,26,30)/t21-,22-/m1/s1. The van der Waals surface area contributed by atoms with Crippen LogP contribution in [0.2, 0.25) is 0 Å². The molecule has 0 saturated carbocycles. The summed E-state index contributed by atoms with van der Waals surface area (Å²) in [6.07, 6.45) is 1.43. The van der Waals surface area contributed by atoms with Gasteiger partial charge in [0.15, 0.2) is 0 Å². The number of nitrogens with zero attached hydrogens (tertiary/aromatic N) is 1. The number of carbonyl (C=O) groups excluding carboxylic acids is 1. The zero-order chi connectivity index (χ0) is 22.7. The molecule has 2 aliphatic rings. The van der Waals surface area contributed by atoms with Crippen LogP contribution in [-0.2, 0) is 4.79 Å². The molecule has 2 atom stereocenters. The zero-order valence-corrected chi connectivity index (χ0v) is 18.7. The van der Waals surface area contributed by atoms with E-state index >= 15 is 0 Å². The largest absolute Gasteiger partial charge is 0.497 e. The predicted octanol–water partition coefficient (Wildman–Crippen LogP) is 3.43. The molecule has 0 aliphatic carbocycles. The number of hydrogen-bond donors (Lipinski definition) is 3. The first-order chi connectivity index (χ1) is 15.4. The maximum atomic E-state index is 11.5. The Hall–Kier alpha value is -2.61. The lowest BCUT2D eigenvalue weighted by Crippen LogP contribution is -2.51. The summed E-state index contributed by atoms with van der Waals surface area (Å²) in [7, 11) is 1.62. The van der Waals surface area contributed by atoms with Crippen molar-refractivity contribution in [3.63, 3.8) is 0 Å². The highest BCUT2D eigenvalue weighted by Crippen LogP contribution is 2.45. The summed E-state index contributed by atoms with van der Waals surface area (Å²) in [4.78, 5) is 13.7. The third kappa shape index (κ3) is 4.90. The number of piperidine rings is 1. The van der Waals surface area contributed by atoms with Gasteiger partial charge in [0.05, 0.1) is 19.3 Å². The van der Waals surface area contributed by atoms with Crippen LogP contribution in [0.1, 0.15) is 55.9 Å². The number of anilines is 1. The van der Waals surface area contributed by atoms with Crippen LogP contribution >= 0.6 is 0 Å². The van der Waals surface area contributed by atoms with Gasteiger partial charge in [-0.05, 0) is 42.7 Å². The molecule has 1 spiro atoms. The van der Waals surface area contributed by atoms with E-state index in [0.29, 0.717) is 30.9 Å². The number of methoxy groups -OCH3 is 1. The third-order valence-electron chi connectivity index (χ3n) is 6.57. The van der Waals surface area contributed by atoms with Crippen LogP contribution in [0.25, 0.3) is 0 Å². The Morgan fingerprint density at radius 2 is 1.97 bits per heavy atom. The molecule has 3 N–H and O–H groups in total. The molecule has 7 nitrogen and oxygen atoms in total. The van der Waals surface area contributed by atoms with E-state index in [1.807, 2.05) is 49.4 Å². The third-order valence-corrected chi connectivity index (χ3v) is 6.57. The molecule has 0 bridgehead atoms. The molecule has 2 heterocycles. The summed E-state index contributed by atoms with van der Waals surface area (Å²) in [5.41, 5.74) is 1.98. The van der Waals surface area contributed by atoms with Gasteiger partial charge >= 0.3 is 0 Å². The van der Waals surface area contributed by atoms with Crippen molar-refractivity contribution >= 4 is 11.6 Å². The maximum Gasteiger partial charge on any atom is 0.224 e. The minimum absolute atomic E-state index is 0.0309. The van der Waals surface area contributed by atoms with Gasteiger partial charge in [-0.1, -0.05) is 19.1 Å². The van der Waals surface area contributed by atoms with Gasteiger partial charge in [-0.25, -0.2) is 0 Å². The fraction of sp³-hybridized carbons (Fsp3) is 0.480. The summed E-state index contributed by atoms with van der Waals surface area (Å²) in [6.45, 7) is 3.91. The molecule has 0 aromatic heterocycles. The molecule has 1 amide bonds. The Morgan fingerprint density at radius 3 is 2.62 bits per heavy atom. The Bertz CT molecular complexity index is 938. The zero-order valence-electron chi connectivity index (χ0n) is 18.7. The van der Waals surface area contributed by atoms with Gasteiger partial charge in [0.2, 0.25) is 5.91 Å². The van der Waals surface area contributed by atoms with Gasteiger partial charge < -0.3 is 29.9 Å². The van der Waals surface area contributed by atoms with Gasteiger partial charge in [0.1, 0.15) is 17.1 Å². The monoisotopic (exact) mass is 440 g/mol. The van der Waals surface area contributed by atoms with Crippen molar-refractivity contribution in [2.45, 2.75) is 50.4 Å². The Balaban J connectivity index is 1.34. The molecule has 1 saturated heterocycles. The molecule has 1 fully saturated rings. The number of β-amino-alcohol motifs (C(OH)–C–C–N with tert-alkyl or cyclic N) is 1. The maximum absolute atomic E-state index is 11.5. The number of hydrogen-bond acceptors (Lipinski definition) is 6. The molecule has 32 heavy (non-hydrogen) atoms. The summed E-state index contributed by atoms with van der Waals surface area (Å²) < 4.78 is 11.7. The minimum Gasteiger partial charge on any atom is -0.497 e. The Morgan fingerprint density at radius 1 is 1.25 bits per heavy atom. The van der Waals surface area contributed by atoms with E-state index in [2.05, 4.69) is 10.2 Å². The normalized spacial score (nSPS) is 20.8. The molecule has 2 aromatic rings. The van der Waals surface area contributed by atoms with Gasteiger partial charge in [0, 0.05) is 49.8 Å². The lowest BCUT2D eigenvalue weighted by atomic mass is 9.81. The molecule has 4 rings (SSSR count). The molecule has 7 heteroatoms. The number of carbonyl (C=O) groups is 1. The highest BCUT2D eigenvalue weighted by atomic mass is 16.5. The highest BCUT2D eigenvalue weighted by Gasteiger charge is 2.43. The lowest BCUT2D eigenvalue weighted by Gasteiger charge is -2.46. The van der Waals surface area contributed by atoms with Gasteiger partial charge in [-0.2, -0.15) is 0 Å². The van der Waals surface area contributed by atoms with Crippen molar-refractivity contribution in [2.24, 2.45) is 0 Å². The van der Waals surface area contributed by atoms with Crippen LogP contribution in [-0.4, -0.2) is 53.4 Å². The number of ether oxygens (including phenoxy) is 2. The topological polar surface area (TPSA) is 91.3 Å². The molecule has 2 aromatic carbocycles. The fourth-order valence-electron chi connectivity index (χ4n) is 4.58. The first kappa shape index (κ1) is 22.6. The molecule has 0 radical (unpaired) electrons. The first-order valence-corrected chi connectivity index (χ1v) is 11.3. The van der Waals surface area contributed by atoms with Crippen molar-refractivity contribution < 1.29 is 24.5 Å². The van der Waals surface area contributed by atoms with Crippen LogP contribution in [0.4, 0.5) is 5.69 Å². The fourth-order valence-corrected chi connectivity index (χ4v) is 4.58. The van der Waals surface area contributed by atoms with E-state index in [9.17, 15) is 15.0 Å². The molecule has 172 valence electrons. The van der Waals surface area contributed by atoms with E-state index in [-0.39, 0.29) is 11.5 Å². The SMILES string of the molecule is CCC(=O)Nc1ccc([C@H](O)CN2CCC3(CC2)C[C@@H](O)c2ccc(OC)cc2O3)cc1. The first-order valence-electron chi connectivity index (χ1n) is 11.3. The minimum atomic E-state index is -0.608. The van der Waals surface area contributed by atoms with Crippen LogP contribution in [0, 0.1) is 0 Å². The van der Waals surface area contributed by atoms with Crippen LogP contribution in [0.3, 0.4) is 0 Å². The van der Waals surface area contributed by atoms with Crippen molar-refractivity contribution in [3.8, 4) is 11.5 Å². The van der Waals surface area contributed by atoms with E-state index in [1.165, 1.54) is 0 Å². The van der Waals surface area contributed by atoms with Crippen molar-refractivity contribution in [2.75, 3.05) is 32.1 Å². The summed E-state index contributed by atoms with van der Waals surface area (Å²) in [5.74, 6) is 1.39. The number of amides is 1. The number of likely N-dealkylation sites (tertiary alicyclic amines) is 1. The van der Waals surface area contributed by atoms with E-state index in [4.69, 9.17) is 9.47 Å². The van der Waals surface area contributed by atoms with E-state index < -0.39 is 12.2 Å². The summed E-state index contributed by atoms with van der Waals surface area (Å²) >= 11 is 0. The second kappa shape index (κ2) is 9.48. The van der Waals surface area contributed by atoms with Crippen LogP contribution < -0.4 is 14.8 Å². The lowest BCUT2D eigenvalue weighted by molar-refractivity contribution is -0.115.